The van der Waals surface area contributed by atoms with E-state index in [4.69, 9.17) is 36.8 Å². The Labute approximate surface area is 157 Å². The van der Waals surface area contributed by atoms with Crippen LogP contribution in [-0.4, -0.2) is 50.3 Å². The van der Waals surface area contributed by atoms with Gasteiger partial charge in [-0.05, 0) is 37.9 Å². The molecule has 140 valence electrons. The molecule has 0 spiro atoms. The Morgan fingerprint density at radius 1 is 1.35 bits per heavy atom. The number of esters is 1. The third-order valence-electron chi connectivity index (χ3n) is 4.72. The Balaban J connectivity index is 1.58. The van der Waals surface area contributed by atoms with Crippen LogP contribution in [0.2, 0.25) is 5.02 Å². The van der Waals surface area contributed by atoms with Gasteiger partial charge < -0.3 is 24.8 Å². The molecule has 0 aliphatic carbocycles. The van der Waals surface area contributed by atoms with Crippen LogP contribution >= 0.6 is 11.6 Å². The highest BCUT2D eigenvalue weighted by molar-refractivity contribution is 6.34. The van der Waals surface area contributed by atoms with E-state index in [9.17, 15) is 4.79 Å². The molecule has 0 unspecified atom stereocenters. The van der Waals surface area contributed by atoms with Crippen molar-refractivity contribution in [1.29, 1.82) is 5.26 Å². The predicted molar refractivity (Wildman–Crippen MR) is 96.5 cm³/mol. The summed E-state index contributed by atoms with van der Waals surface area (Å²) in [4.78, 5) is 14.8. The van der Waals surface area contributed by atoms with E-state index in [0.717, 1.165) is 32.5 Å². The summed E-state index contributed by atoms with van der Waals surface area (Å²) in [5.41, 5.74) is 6.40. The number of halogens is 1. The molecule has 7 nitrogen and oxygen atoms in total. The lowest BCUT2D eigenvalue weighted by Crippen LogP contribution is -2.35. The fourth-order valence-corrected chi connectivity index (χ4v) is 3.40. The predicted octanol–water partition coefficient (Wildman–Crippen LogP) is 2.48. The molecule has 0 aromatic heterocycles. The van der Waals surface area contributed by atoms with Crippen molar-refractivity contribution in [3.63, 3.8) is 0 Å². The Morgan fingerprint density at radius 2 is 2.04 bits per heavy atom. The first-order valence-corrected chi connectivity index (χ1v) is 9.12. The average molecular weight is 380 g/mol. The number of nitrogen functional groups attached to an aromatic ring is 1. The second-order valence-electron chi connectivity index (χ2n) is 6.47. The maximum absolute atomic E-state index is 12.5. The van der Waals surface area contributed by atoms with Gasteiger partial charge in [0.15, 0.2) is 11.5 Å². The molecule has 1 aromatic rings. The molecule has 0 bridgehead atoms. The number of benzene rings is 1. The second-order valence-corrected chi connectivity index (χ2v) is 6.87. The number of hydrogen-bond acceptors (Lipinski definition) is 7. The lowest BCUT2D eigenvalue weighted by molar-refractivity contribution is 0.0365. The highest BCUT2D eigenvalue weighted by atomic mass is 35.5. The molecule has 8 heteroatoms. The molecule has 2 aliphatic heterocycles. The molecule has 0 atom stereocenters. The maximum atomic E-state index is 12.5. The summed E-state index contributed by atoms with van der Waals surface area (Å²) in [6, 6.07) is 3.63. The number of likely N-dealkylation sites (tertiary alicyclic amines) is 1. The quantitative estimate of drug-likeness (QED) is 0.619. The van der Waals surface area contributed by atoms with Crippen LogP contribution in [0.25, 0.3) is 0 Å². The molecule has 1 fully saturated rings. The van der Waals surface area contributed by atoms with Crippen molar-refractivity contribution >= 4 is 23.3 Å². The number of piperidine rings is 1. The van der Waals surface area contributed by atoms with E-state index in [-0.39, 0.29) is 16.3 Å². The third-order valence-corrected chi connectivity index (χ3v) is 5.03. The molecule has 0 amide bonds. The zero-order valence-corrected chi connectivity index (χ0v) is 15.3. The number of carbonyl (C=O) groups is 1. The van der Waals surface area contributed by atoms with Crippen LogP contribution in [-0.2, 0) is 4.74 Å². The normalized spacial score (nSPS) is 17.5. The van der Waals surface area contributed by atoms with Crippen molar-refractivity contribution in [3.05, 3.63) is 16.7 Å². The van der Waals surface area contributed by atoms with Crippen molar-refractivity contribution in [2.75, 3.05) is 45.2 Å². The average Bonchev–Trinajstić information content (AvgIpc) is 2.68. The van der Waals surface area contributed by atoms with E-state index in [1.165, 1.54) is 6.07 Å². The number of nitrogens with two attached hydrogens (primary N) is 1. The lowest BCUT2D eigenvalue weighted by atomic mass is 9.97. The van der Waals surface area contributed by atoms with Gasteiger partial charge in [0.25, 0.3) is 0 Å². The fourth-order valence-electron chi connectivity index (χ4n) is 3.20. The summed E-state index contributed by atoms with van der Waals surface area (Å²) in [7, 11) is 0. The molecule has 0 saturated carbocycles. The molecule has 1 aromatic carbocycles. The summed E-state index contributed by atoms with van der Waals surface area (Å²) in [5, 5.41) is 8.90. The number of rotatable bonds is 5. The van der Waals surface area contributed by atoms with E-state index in [2.05, 4.69) is 11.0 Å². The van der Waals surface area contributed by atoms with E-state index in [0.29, 0.717) is 43.7 Å². The van der Waals surface area contributed by atoms with Gasteiger partial charge in [-0.15, -0.1) is 0 Å². The SMILES string of the molecule is N#CCCN1CCC(COC(=O)c2cc(Cl)c(N)c3c2OCCO3)CC1. The van der Waals surface area contributed by atoms with Crippen LogP contribution in [0.4, 0.5) is 5.69 Å². The van der Waals surface area contributed by atoms with Crippen LogP contribution < -0.4 is 15.2 Å². The Kier molecular flexibility index (Phi) is 6.07. The maximum Gasteiger partial charge on any atom is 0.342 e. The number of carbonyl (C=O) groups excluding carboxylic acids is 1. The molecule has 0 radical (unpaired) electrons. The minimum absolute atomic E-state index is 0.241. The Hall–Kier alpha value is -2.17. The molecule has 2 N–H and O–H groups in total. The van der Waals surface area contributed by atoms with Crippen molar-refractivity contribution in [3.8, 4) is 17.6 Å². The number of nitrogens with zero attached hydrogens (tertiary/aromatic N) is 2. The monoisotopic (exact) mass is 379 g/mol. The van der Waals surface area contributed by atoms with E-state index in [1.807, 2.05) is 0 Å². The highest BCUT2D eigenvalue weighted by Gasteiger charge is 2.27. The van der Waals surface area contributed by atoms with E-state index >= 15 is 0 Å². The van der Waals surface area contributed by atoms with Gasteiger partial charge in [-0.2, -0.15) is 5.26 Å². The smallest absolute Gasteiger partial charge is 0.342 e. The van der Waals surface area contributed by atoms with Gasteiger partial charge in [0, 0.05) is 13.0 Å². The van der Waals surface area contributed by atoms with Gasteiger partial charge in [0.1, 0.15) is 18.8 Å². The van der Waals surface area contributed by atoms with Crippen LogP contribution in [0.5, 0.6) is 11.5 Å². The minimum atomic E-state index is -0.486. The first kappa shape index (κ1) is 18.6. The van der Waals surface area contributed by atoms with Crippen molar-refractivity contribution in [2.45, 2.75) is 19.3 Å². The fraction of sp³-hybridized carbons (Fsp3) is 0.556. The van der Waals surface area contributed by atoms with Crippen LogP contribution in [0.15, 0.2) is 6.07 Å². The number of anilines is 1. The van der Waals surface area contributed by atoms with Crippen molar-refractivity contribution in [2.24, 2.45) is 5.92 Å². The number of ether oxygens (including phenoxy) is 3. The molecule has 2 heterocycles. The van der Waals surface area contributed by atoms with Gasteiger partial charge in [-0.3, -0.25) is 0 Å². The first-order chi connectivity index (χ1) is 12.6. The minimum Gasteiger partial charge on any atom is -0.485 e. The number of nitriles is 1. The van der Waals surface area contributed by atoms with E-state index in [1.54, 1.807) is 0 Å². The molecule has 2 aliphatic rings. The summed E-state index contributed by atoms with van der Waals surface area (Å²) in [6.07, 6.45) is 2.43. The molecule has 1 saturated heterocycles. The highest BCUT2D eigenvalue weighted by Crippen LogP contribution is 2.43. The summed E-state index contributed by atoms with van der Waals surface area (Å²) in [6.45, 7) is 3.69. The van der Waals surface area contributed by atoms with E-state index < -0.39 is 5.97 Å². The van der Waals surface area contributed by atoms with Crippen LogP contribution in [0, 0.1) is 17.2 Å². The number of hydrogen-bond donors (Lipinski definition) is 1. The van der Waals surface area contributed by atoms with Gasteiger partial charge >= 0.3 is 5.97 Å². The molecular weight excluding hydrogens is 358 g/mol. The van der Waals surface area contributed by atoms with Crippen LogP contribution in [0.1, 0.15) is 29.6 Å². The summed E-state index contributed by atoms with van der Waals surface area (Å²) < 4.78 is 16.6. The summed E-state index contributed by atoms with van der Waals surface area (Å²) in [5.74, 6) is 0.436. The largest absolute Gasteiger partial charge is 0.485 e. The topological polar surface area (TPSA) is 97.8 Å². The standard InChI is InChI=1S/C18H22ClN3O4/c19-14-10-13(16-17(15(14)21)25-9-8-24-16)18(23)26-11-12-2-6-22(7-3-12)5-1-4-20/h10,12H,1-3,5-9,11,21H2. The zero-order valence-electron chi connectivity index (χ0n) is 14.5. The lowest BCUT2D eigenvalue weighted by Gasteiger charge is -2.31. The molecular formula is C18H22ClN3O4. The summed E-state index contributed by atoms with van der Waals surface area (Å²) >= 11 is 6.10. The van der Waals surface area contributed by atoms with Gasteiger partial charge in [-0.1, -0.05) is 11.6 Å². The van der Waals surface area contributed by atoms with Crippen molar-refractivity contribution in [1.82, 2.24) is 4.90 Å². The van der Waals surface area contributed by atoms with Crippen molar-refractivity contribution < 1.29 is 19.0 Å². The first-order valence-electron chi connectivity index (χ1n) is 8.74. The second kappa shape index (κ2) is 8.47. The zero-order chi connectivity index (χ0) is 18.5. The van der Waals surface area contributed by atoms with Gasteiger partial charge in [0.05, 0.1) is 23.4 Å². The molecule has 3 rings (SSSR count). The van der Waals surface area contributed by atoms with Crippen LogP contribution in [0.3, 0.4) is 0 Å². The number of fused-ring (bicyclic) bond motifs is 1. The third kappa shape index (κ3) is 4.14. The Bertz CT molecular complexity index is 711. The Morgan fingerprint density at radius 3 is 2.73 bits per heavy atom. The molecule has 26 heavy (non-hydrogen) atoms. The van der Waals surface area contributed by atoms with Gasteiger partial charge in [0.2, 0.25) is 0 Å². The van der Waals surface area contributed by atoms with Gasteiger partial charge in [-0.25, -0.2) is 4.79 Å².